The van der Waals surface area contributed by atoms with Gasteiger partial charge in [0, 0.05) is 18.2 Å². The third-order valence-electron chi connectivity index (χ3n) is 2.23. The van der Waals surface area contributed by atoms with Crippen LogP contribution in [-0.2, 0) is 6.54 Å². The Bertz CT molecular complexity index is 532. The summed E-state index contributed by atoms with van der Waals surface area (Å²) in [7, 11) is 0. The molecule has 0 amide bonds. The van der Waals surface area contributed by atoms with Crippen molar-refractivity contribution in [2.24, 2.45) is 0 Å². The van der Waals surface area contributed by atoms with E-state index in [4.69, 9.17) is 0 Å². The maximum atomic E-state index is 12.9. The van der Waals surface area contributed by atoms with Crippen molar-refractivity contribution in [1.29, 1.82) is 0 Å². The molecule has 0 aliphatic rings. The lowest BCUT2D eigenvalue weighted by molar-refractivity contribution is 0.466. The first kappa shape index (κ1) is 11.3. The Balaban J connectivity index is 2.09. The van der Waals surface area contributed by atoms with Crippen molar-refractivity contribution < 1.29 is 13.9 Å². The number of hydrogen-bond acceptors (Lipinski definition) is 3. The number of phenols is 1. The van der Waals surface area contributed by atoms with Gasteiger partial charge in [0.05, 0.1) is 18.1 Å². The Labute approximate surface area is 96.7 Å². The van der Waals surface area contributed by atoms with Gasteiger partial charge in [0.1, 0.15) is 17.4 Å². The van der Waals surface area contributed by atoms with E-state index in [2.05, 4.69) is 10.3 Å². The zero-order valence-electron chi connectivity index (χ0n) is 8.82. The number of rotatable bonds is 3. The van der Waals surface area contributed by atoms with Crippen LogP contribution in [0.4, 0.5) is 14.5 Å². The van der Waals surface area contributed by atoms with E-state index in [1.165, 1.54) is 30.5 Å². The molecule has 2 aromatic rings. The molecule has 0 bridgehead atoms. The van der Waals surface area contributed by atoms with Gasteiger partial charge >= 0.3 is 0 Å². The summed E-state index contributed by atoms with van der Waals surface area (Å²) in [6.07, 6.45) is 2.53. The number of nitrogens with one attached hydrogen (secondary N) is 1. The van der Waals surface area contributed by atoms with Gasteiger partial charge < -0.3 is 10.4 Å². The second kappa shape index (κ2) is 4.78. The number of hydrogen-bond donors (Lipinski definition) is 2. The average molecular weight is 236 g/mol. The fourth-order valence-electron chi connectivity index (χ4n) is 1.40. The van der Waals surface area contributed by atoms with Crippen molar-refractivity contribution in [3.05, 3.63) is 53.9 Å². The van der Waals surface area contributed by atoms with Crippen LogP contribution in [0.1, 0.15) is 5.56 Å². The second-order valence-electron chi connectivity index (χ2n) is 3.52. The Hall–Kier alpha value is -2.17. The molecule has 1 heterocycles. The van der Waals surface area contributed by atoms with Crippen molar-refractivity contribution in [2.75, 3.05) is 5.32 Å². The molecule has 2 N–H and O–H groups in total. The predicted octanol–water partition coefficient (Wildman–Crippen LogP) is 2.68. The number of pyridine rings is 1. The molecule has 0 saturated carbocycles. The SMILES string of the molecule is Oc1ccc(F)cc1CNc1cncc(F)c1. The lowest BCUT2D eigenvalue weighted by Gasteiger charge is -2.07. The molecule has 0 spiro atoms. The molecular formula is C12H10F2N2O. The van der Waals surface area contributed by atoms with Crippen LogP contribution in [0.3, 0.4) is 0 Å². The van der Waals surface area contributed by atoms with Gasteiger partial charge in [0.15, 0.2) is 0 Å². The molecule has 0 saturated heterocycles. The van der Waals surface area contributed by atoms with Crippen molar-refractivity contribution in [3.8, 4) is 5.75 Å². The maximum absolute atomic E-state index is 12.9. The molecule has 2 rings (SSSR count). The van der Waals surface area contributed by atoms with Crippen molar-refractivity contribution >= 4 is 5.69 Å². The minimum atomic E-state index is -0.460. The van der Waals surface area contributed by atoms with E-state index in [-0.39, 0.29) is 12.3 Å². The van der Waals surface area contributed by atoms with Crippen molar-refractivity contribution in [1.82, 2.24) is 4.98 Å². The topological polar surface area (TPSA) is 45.1 Å². The van der Waals surface area contributed by atoms with E-state index in [1.807, 2.05) is 0 Å². The minimum absolute atomic E-state index is 0.0109. The van der Waals surface area contributed by atoms with Crippen LogP contribution in [-0.4, -0.2) is 10.1 Å². The number of benzene rings is 1. The zero-order chi connectivity index (χ0) is 12.3. The summed E-state index contributed by atoms with van der Waals surface area (Å²) in [6, 6.07) is 4.93. The summed E-state index contributed by atoms with van der Waals surface area (Å²) in [4.78, 5) is 3.66. The molecular weight excluding hydrogens is 226 g/mol. The van der Waals surface area contributed by atoms with E-state index < -0.39 is 11.6 Å². The van der Waals surface area contributed by atoms with Gasteiger partial charge in [-0.25, -0.2) is 8.78 Å². The fraction of sp³-hybridized carbons (Fsp3) is 0.0833. The molecule has 0 radical (unpaired) electrons. The largest absolute Gasteiger partial charge is 0.508 e. The summed E-state index contributed by atoms with van der Waals surface area (Å²) < 4.78 is 25.8. The number of aromatic hydroxyl groups is 1. The van der Waals surface area contributed by atoms with Crippen molar-refractivity contribution in [3.63, 3.8) is 0 Å². The summed E-state index contributed by atoms with van der Waals surface area (Å²) in [6.45, 7) is 0.189. The van der Waals surface area contributed by atoms with Crippen LogP contribution in [0.2, 0.25) is 0 Å². The highest BCUT2D eigenvalue weighted by molar-refractivity contribution is 5.43. The monoisotopic (exact) mass is 236 g/mol. The molecule has 1 aromatic carbocycles. The summed E-state index contributed by atoms with van der Waals surface area (Å²) in [5.41, 5.74) is 0.864. The molecule has 5 heteroatoms. The van der Waals surface area contributed by atoms with Gasteiger partial charge in [-0.3, -0.25) is 4.98 Å². The Morgan fingerprint density at radius 1 is 1.12 bits per heavy atom. The van der Waals surface area contributed by atoms with E-state index in [0.717, 1.165) is 6.20 Å². The first-order valence-corrected chi connectivity index (χ1v) is 4.97. The summed E-state index contributed by atoms with van der Waals surface area (Å²) in [5, 5.41) is 12.3. The molecule has 0 aliphatic heterocycles. The quantitative estimate of drug-likeness (QED) is 0.861. The lowest BCUT2D eigenvalue weighted by atomic mass is 10.2. The average Bonchev–Trinajstić information content (AvgIpc) is 2.30. The number of halogens is 2. The smallest absolute Gasteiger partial charge is 0.143 e. The number of nitrogens with zero attached hydrogens (tertiary/aromatic N) is 1. The first-order chi connectivity index (χ1) is 8.15. The van der Waals surface area contributed by atoms with Gasteiger partial charge in [0.25, 0.3) is 0 Å². The van der Waals surface area contributed by atoms with Gasteiger partial charge in [-0.05, 0) is 18.2 Å². The summed E-state index contributed by atoms with van der Waals surface area (Å²) in [5.74, 6) is -0.904. The highest BCUT2D eigenvalue weighted by Crippen LogP contribution is 2.19. The lowest BCUT2D eigenvalue weighted by Crippen LogP contribution is -2.01. The number of aromatic nitrogens is 1. The molecule has 1 aromatic heterocycles. The number of anilines is 1. The third kappa shape index (κ3) is 2.90. The van der Waals surface area contributed by atoms with E-state index in [9.17, 15) is 13.9 Å². The molecule has 0 atom stereocenters. The molecule has 0 unspecified atom stereocenters. The highest BCUT2D eigenvalue weighted by Gasteiger charge is 2.03. The van der Waals surface area contributed by atoms with E-state index >= 15 is 0 Å². The summed E-state index contributed by atoms with van der Waals surface area (Å²) >= 11 is 0. The molecule has 0 fully saturated rings. The first-order valence-electron chi connectivity index (χ1n) is 4.97. The Morgan fingerprint density at radius 3 is 2.71 bits per heavy atom. The maximum Gasteiger partial charge on any atom is 0.143 e. The van der Waals surface area contributed by atoms with Crippen LogP contribution in [0.5, 0.6) is 5.75 Å². The van der Waals surface area contributed by atoms with Crippen LogP contribution >= 0.6 is 0 Å². The van der Waals surface area contributed by atoms with Crippen molar-refractivity contribution in [2.45, 2.75) is 6.54 Å². The molecule has 17 heavy (non-hydrogen) atoms. The fourth-order valence-corrected chi connectivity index (χ4v) is 1.40. The van der Waals surface area contributed by atoms with Gasteiger partial charge in [-0.2, -0.15) is 0 Å². The van der Waals surface area contributed by atoms with Crippen LogP contribution < -0.4 is 5.32 Å². The van der Waals surface area contributed by atoms with E-state index in [0.29, 0.717) is 11.3 Å². The zero-order valence-corrected chi connectivity index (χ0v) is 8.82. The Morgan fingerprint density at radius 2 is 1.94 bits per heavy atom. The highest BCUT2D eigenvalue weighted by atomic mass is 19.1. The van der Waals surface area contributed by atoms with Crippen LogP contribution in [0.25, 0.3) is 0 Å². The molecule has 0 aliphatic carbocycles. The van der Waals surface area contributed by atoms with E-state index in [1.54, 1.807) is 0 Å². The van der Waals surface area contributed by atoms with Gasteiger partial charge in [0.2, 0.25) is 0 Å². The molecule has 88 valence electrons. The Kier molecular flexibility index (Phi) is 3.18. The van der Waals surface area contributed by atoms with Gasteiger partial charge in [-0.1, -0.05) is 0 Å². The van der Waals surface area contributed by atoms with Crippen LogP contribution in [0, 0.1) is 11.6 Å². The van der Waals surface area contributed by atoms with Crippen LogP contribution in [0.15, 0.2) is 36.7 Å². The van der Waals surface area contributed by atoms with Gasteiger partial charge in [-0.15, -0.1) is 0 Å². The normalized spacial score (nSPS) is 10.2. The minimum Gasteiger partial charge on any atom is -0.508 e. The second-order valence-corrected chi connectivity index (χ2v) is 3.52. The predicted molar refractivity (Wildman–Crippen MR) is 59.6 cm³/mol. The molecule has 3 nitrogen and oxygen atoms in total. The standard InChI is InChI=1S/C12H10F2N2O/c13-9-1-2-12(17)8(3-9)5-16-11-4-10(14)6-15-7-11/h1-4,6-7,16-17H,5H2. The number of phenolic OH excluding ortho intramolecular Hbond substituents is 1. The third-order valence-corrected chi connectivity index (χ3v) is 2.23.